The van der Waals surface area contributed by atoms with Crippen molar-refractivity contribution in [3.05, 3.63) is 35.6 Å². The number of fused-ring (bicyclic) bond motifs is 1. The largest absolute Gasteiger partial charge is 0.327 e. The Morgan fingerprint density at radius 3 is 2.54 bits per heavy atom. The van der Waals surface area contributed by atoms with Crippen LogP contribution in [0.2, 0.25) is 0 Å². The van der Waals surface area contributed by atoms with Crippen molar-refractivity contribution in [3.8, 4) is 0 Å². The highest BCUT2D eigenvalue weighted by Gasteiger charge is 2.54. The molecule has 2 atom stereocenters. The van der Waals surface area contributed by atoms with E-state index in [0.717, 1.165) is 11.2 Å². The lowest BCUT2D eigenvalue weighted by molar-refractivity contribution is -0.138. The van der Waals surface area contributed by atoms with Crippen LogP contribution >= 0.6 is 0 Å². The van der Waals surface area contributed by atoms with Crippen molar-refractivity contribution in [2.45, 2.75) is 44.9 Å². The minimum Gasteiger partial charge on any atom is -0.315 e. The number of hydrogen-bond donors (Lipinski definition) is 0. The van der Waals surface area contributed by atoms with Crippen molar-refractivity contribution in [1.29, 1.82) is 0 Å². The Bertz CT molecular complexity index is 842. The summed E-state index contributed by atoms with van der Waals surface area (Å²) in [4.78, 5) is 28.4. The lowest BCUT2D eigenvalue weighted by atomic mass is 10.0. The van der Waals surface area contributed by atoms with Gasteiger partial charge in [-0.2, -0.15) is 4.31 Å². The molecule has 2 fully saturated rings. The molecule has 9 heteroatoms. The number of urea groups is 1. The summed E-state index contributed by atoms with van der Waals surface area (Å²) in [5.74, 6) is -0.905. The molecule has 0 radical (unpaired) electrons. The molecule has 7 nitrogen and oxygen atoms in total. The molecule has 0 spiro atoms. The molecule has 2 heterocycles. The number of imide groups is 1. The third-order valence-corrected chi connectivity index (χ3v) is 6.11. The third kappa shape index (κ3) is 3.21. The fraction of sp³-hybridized carbons (Fsp3) is 0.529. The molecule has 0 bridgehead atoms. The van der Waals surface area contributed by atoms with Gasteiger partial charge in [0.25, 0.3) is 5.91 Å². The maximum atomic E-state index is 13.5. The zero-order chi connectivity index (χ0) is 19.2. The number of sulfonamides is 1. The fourth-order valence-corrected chi connectivity index (χ4v) is 4.82. The Balaban J connectivity index is 2.00. The standard InChI is InChI=1S/C17H22FN3O4S/c1-11(2)21-16(22)15-14(7-8-20(15)26(3,24)25)19(17(21)23)10-12-5-4-6-13(18)9-12/h4-6,9,11,14-15H,7-8,10H2,1-3H3. The minimum absolute atomic E-state index is 0.117. The average Bonchev–Trinajstić information content (AvgIpc) is 2.96. The van der Waals surface area contributed by atoms with Crippen LogP contribution in [0.5, 0.6) is 0 Å². The first kappa shape index (κ1) is 18.8. The highest BCUT2D eigenvalue weighted by atomic mass is 32.2. The number of hydrogen-bond acceptors (Lipinski definition) is 4. The molecule has 142 valence electrons. The summed E-state index contributed by atoms with van der Waals surface area (Å²) in [7, 11) is -3.59. The van der Waals surface area contributed by atoms with Gasteiger partial charge in [-0.25, -0.2) is 17.6 Å². The zero-order valence-corrected chi connectivity index (χ0v) is 15.7. The first-order chi connectivity index (χ1) is 12.1. The quantitative estimate of drug-likeness (QED) is 0.787. The van der Waals surface area contributed by atoms with Gasteiger partial charge in [0.2, 0.25) is 10.0 Å². The second kappa shape index (κ2) is 6.62. The Kier molecular flexibility index (Phi) is 4.78. The Hall–Kier alpha value is -2.00. The van der Waals surface area contributed by atoms with E-state index in [1.54, 1.807) is 26.0 Å². The van der Waals surface area contributed by atoms with Crippen molar-refractivity contribution >= 4 is 22.0 Å². The van der Waals surface area contributed by atoms with Crippen molar-refractivity contribution in [2.75, 3.05) is 12.8 Å². The summed E-state index contributed by atoms with van der Waals surface area (Å²) in [6.45, 7) is 3.71. The second-order valence-electron chi connectivity index (χ2n) is 7.02. The van der Waals surface area contributed by atoms with Crippen molar-refractivity contribution in [1.82, 2.24) is 14.1 Å². The lowest BCUT2D eigenvalue weighted by Crippen LogP contribution is -2.66. The van der Waals surface area contributed by atoms with Gasteiger partial charge in [-0.1, -0.05) is 12.1 Å². The van der Waals surface area contributed by atoms with Gasteiger partial charge in [0.05, 0.1) is 12.3 Å². The smallest absolute Gasteiger partial charge is 0.315 e. The maximum Gasteiger partial charge on any atom is 0.327 e. The van der Waals surface area contributed by atoms with Gasteiger partial charge < -0.3 is 4.90 Å². The summed E-state index contributed by atoms with van der Waals surface area (Å²) in [6.07, 6.45) is 1.44. The van der Waals surface area contributed by atoms with Crippen LogP contribution in [0.25, 0.3) is 0 Å². The first-order valence-corrected chi connectivity index (χ1v) is 10.3. The Morgan fingerprint density at radius 1 is 1.27 bits per heavy atom. The molecule has 2 unspecified atom stereocenters. The summed E-state index contributed by atoms with van der Waals surface area (Å²) in [6, 6.07) is 3.54. The SMILES string of the molecule is CC(C)N1C(=O)C2C(CCN2S(C)(=O)=O)N(Cc2cccc(F)c2)C1=O. The lowest BCUT2D eigenvalue weighted by Gasteiger charge is -2.44. The summed E-state index contributed by atoms with van der Waals surface area (Å²) >= 11 is 0. The second-order valence-corrected chi connectivity index (χ2v) is 8.95. The number of halogens is 1. The Labute approximate surface area is 152 Å². The van der Waals surface area contributed by atoms with E-state index in [2.05, 4.69) is 0 Å². The molecule has 1 aromatic rings. The molecule has 0 aliphatic carbocycles. The van der Waals surface area contributed by atoms with Crippen LogP contribution < -0.4 is 0 Å². The van der Waals surface area contributed by atoms with Crippen LogP contribution in [0.4, 0.5) is 9.18 Å². The van der Waals surface area contributed by atoms with E-state index in [1.165, 1.54) is 21.3 Å². The molecule has 26 heavy (non-hydrogen) atoms. The molecule has 1 aromatic carbocycles. The number of rotatable bonds is 4. The normalized spacial score (nSPS) is 24.5. The number of benzene rings is 1. The van der Waals surface area contributed by atoms with Crippen LogP contribution in [0, 0.1) is 5.82 Å². The van der Waals surface area contributed by atoms with E-state index in [0.29, 0.717) is 12.0 Å². The minimum atomic E-state index is -3.59. The van der Waals surface area contributed by atoms with E-state index in [1.807, 2.05) is 0 Å². The van der Waals surface area contributed by atoms with E-state index in [-0.39, 0.29) is 13.1 Å². The van der Waals surface area contributed by atoms with E-state index in [4.69, 9.17) is 0 Å². The van der Waals surface area contributed by atoms with Crippen LogP contribution in [0.1, 0.15) is 25.8 Å². The molecular formula is C17H22FN3O4S. The summed E-state index contributed by atoms with van der Waals surface area (Å²) < 4.78 is 38.9. The van der Waals surface area contributed by atoms with Gasteiger partial charge in [-0.05, 0) is 38.0 Å². The van der Waals surface area contributed by atoms with Gasteiger partial charge in [0.1, 0.15) is 11.9 Å². The van der Waals surface area contributed by atoms with Gasteiger partial charge >= 0.3 is 6.03 Å². The van der Waals surface area contributed by atoms with E-state index >= 15 is 0 Å². The number of amides is 3. The van der Waals surface area contributed by atoms with Crippen molar-refractivity contribution in [3.63, 3.8) is 0 Å². The maximum absolute atomic E-state index is 13.5. The molecule has 2 aliphatic heterocycles. The van der Waals surface area contributed by atoms with Gasteiger partial charge in [-0.15, -0.1) is 0 Å². The van der Waals surface area contributed by atoms with E-state index < -0.39 is 45.9 Å². The number of nitrogens with zero attached hydrogens (tertiary/aromatic N) is 3. The molecule has 0 aromatic heterocycles. The summed E-state index contributed by atoms with van der Waals surface area (Å²) in [5, 5.41) is 0. The molecular weight excluding hydrogens is 361 g/mol. The highest BCUT2D eigenvalue weighted by Crippen LogP contribution is 2.33. The molecule has 0 N–H and O–H groups in total. The van der Waals surface area contributed by atoms with Crippen molar-refractivity contribution < 1.29 is 22.4 Å². The highest BCUT2D eigenvalue weighted by molar-refractivity contribution is 7.88. The summed E-state index contributed by atoms with van der Waals surface area (Å²) in [5.41, 5.74) is 0.591. The zero-order valence-electron chi connectivity index (χ0n) is 14.9. The number of carbonyl (C=O) groups is 2. The van der Waals surface area contributed by atoms with Gasteiger partial charge in [0, 0.05) is 19.1 Å². The fourth-order valence-electron chi connectivity index (χ4n) is 3.74. The van der Waals surface area contributed by atoms with Crippen LogP contribution in [-0.4, -0.2) is 65.4 Å². The Morgan fingerprint density at radius 2 is 1.96 bits per heavy atom. The van der Waals surface area contributed by atoms with Gasteiger partial charge in [0.15, 0.2) is 0 Å². The third-order valence-electron chi connectivity index (χ3n) is 4.85. The number of carbonyl (C=O) groups excluding carboxylic acids is 2. The molecule has 3 rings (SSSR count). The van der Waals surface area contributed by atoms with Crippen LogP contribution in [0.15, 0.2) is 24.3 Å². The van der Waals surface area contributed by atoms with E-state index in [9.17, 15) is 22.4 Å². The predicted octanol–water partition coefficient (Wildman–Crippen LogP) is 1.40. The van der Waals surface area contributed by atoms with Crippen molar-refractivity contribution in [2.24, 2.45) is 0 Å². The van der Waals surface area contributed by atoms with Crippen LogP contribution in [0.3, 0.4) is 0 Å². The van der Waals surface area contributed by atoms with Gasteiger partial charge in [-0.3, -0.25) is 9.69 Å². The molecule has 2 saturated heterocycles. The molecule has 0 saturated carbocycles. The molecule has 2 aliphatic rings. The topological polar surface area (TPSA) is 78.0 Å². The monoisotopic (exact) mass is 383 g/mol. The van der Waals surface area contributed by atoms with Crippen LogP contribution in [-0.2, 0) is 21.4 Å². The first-order valence-electron chi connectivity index (χ1n) is 8.46. The predicted molar refractivity (Wildman–Crippen MR) is 93.1 cm³/mol. The average molecular weight is 383 g/mol. The molecule has 3 amide bonds.